The summed E-state index contributed by atoms with van der Waals surface area (Å²) in [5.41, 5.74) is 0.431. The van der Waals surface area contributed by atoms with Crippen molar-refractivity contribution in [3.8, 4) is 0 Å². The quantitative estimate of drug-likeness (QED) is 0.780. The minimum absolute atomic E-state index is 0.357. The maximum absolute atomic E-state index is 12.3. The van der Waals surface area contributed by atoms with E-state index in [1.165, 1.54) is 12.1 Å². The summed E-state index contributed by atoms with van der Waals surface area (Å²) in [6.07, 6.45) is -2.09. The van der Waals surface area contributed by atoms with Gasteiger partial charge in [0.1, 0.15) is 0 Å². The van der Waals surface area contributed by atoms with E-state index in [2.05, 4.69) is 5.32 Å². The third kappa shape index (κ3) is 2.55. The summed E-state index contributed by atoms with van der Waals surface area (Å²) in [7, 11) is 0. The molecule has 0 radical (unpaired) electrons. The minimum atomic E-state index is -4.23. The lowest BCUT2D eigenvalue weighted by molar-refractivity contribution is -0.137. The molecule has 1 heterocycles. The molecule has 1 N–H and O–H groups in total. The molecule has 0 amide bonds. The number of rotatable bonds is 1. The van der Waals surface area contributed by atoms with Crippen LogP contribution >= 0.6 is 0 Å². The van der Waals surface area contributed by atoms with Crippen molar-refractivity contribution in [2.75, 3.05) is 13.1 Å². The van der Waals surface area contributed by atoms with E-state index in [0.29, 0.717) is 5.92 Å². The van der Waals surface area contributed by atoms with E-state index >= 15 is 0 Å². The second-order valence-corrected chi connectivity index (χ2v) is 4.16. The van der Waals surface area contributed by atoms with Crippen molar-refractivity contribution in [2.24, 2.45) is 0 Å². The van der Waals surface area contributed by atoms with Gasteiger partial charge in [-0.3, -0.25) is 0 Å². The zero-order chi connectivity index (χ0) is 11.6. The number of nitrogens with one attached hydrogen (secondary N) is 1. The molecule has 0 bridgehead atoms. The zero-order valence-corrected chi connectivity index (χ0v) is 8.85. The average Bonchev–Trinajstić information content (AvgIpc) is 2.29. The average molecular weight is 229 g/mol. The van der Waals surface area contributed by atoms with E-state index in [4.69, 9.17) is 0 Å². The molecule has 88 valence electrons. The smallest absolute Gasteiger partial charge is 0.316 e. The van der Waals surface area contributed by atoms with Crippen molar-refractivity contribution in [2.45, 2.75) is 24.9 Å². The fraction of sp³-hybridized carbons (Fsp3) is 0.500. The molecule has 1 fully saturated rings. The second-order valence-electron chi connectivity index (χ2n) is 4.16. The van der Waals surface area contributed by atoms with Gasteiger partial charge in [0.2, 0.25) is 0 Å². The number of benzene rings is 1. The summed E-state index contributed by atoms with van der Waals surface area (Å²) in [5.74, 6) is 0.357. The Morgan fingerprint density at radius 3 is 2.31 bits per heavy atom. The molecule has 16 heavy (non-hydrogen) atoms. The van der Waals surface area contributed by atoms with Crippen LogP contribution in [-0.4, -0.2) is 13.1 Å². The summed E-state index contributed by atoms with van der Waals surface area (Å²) in [5, 5.41) is 3.26. The molecule has 0 aromatic heterocycles. The lowest BCUT2D eigenvalue weighted by atomic mass is 9.91. The van der Waals surface area contributed by atoms with Gasteiger partial charge in [-0.2, -0.15) is 13.2 Å². The lowest BCUT2D eigenvalue weighted by Gasteiger charge is -2.23. The van der Waals surface area contributed by atoms with E-state index in [9.17, 15) is 13.2 Å². The maximum atomic E-state index is 12.3. The number of halogens is 3. The molecule has 1 aromatic rings. The molecule has 2 rings (SSSR count). The molecule has 1 aliphatic rings. The fourth-order valence-electron chi connectivity index (χ4n) is 2.08. The SMILES string of the molecule is FC(F)(F)c1ccc(C2CCCNC2)cc1. The molecule has 1 nitrogen and oxygen atoms in total. The number of hydrogen-bond acceptors (Lipinski definition) is 1. The van der Waals surface area contributed by atoms with E-state index in [1.807, 2.05) is 0 Å². The van der Waals surface area contributed by atoms with Crippen molar-refractivity contribution < 1.29 is 13.2 Å². The molecule has 1 saturated heterocycles. The van der Waals surface area contributed by atoms with Gasteiger partial charge in [0, 0.05) is 6.54 Å². The number of piperidine rings is 1. The summed E-state index contributed by atoms with van der Waals surface area (Å²) >= 11 is 0. The molecular formula is C12H14F3N. The Labute approximate surface area is 92.7 Å². The van der Waals surface area contributed by atoms with Crippen molar-refractivity contribution in [3.05, 3.63) is 35.4 Å². The predicted octanol–water partition coefficient (Wildman–Crippen LogP) is 3.17. The Hall–Kier alpha value is -1.03. The highest BCUT2D eigenvalue weighted by molar-refractivity contribution is 5.27. The first kappa shape index (κ1) is 11.5. The standard InChI is InChI=1S/C12H14F3N/c13-12(14,15)11-5-3-9(4-6-11)10-2-1-7-16-8-10/h3-6,10,16H,1-2,7-8H2. The highest BCUT2D eigenvalue weighted by atomic mass is 19.4. The Morgan fingerprint density at radius 1 is 1.12 bits per heavy atom. The Bertz CT molecular complexity index is 336. The first-order valence-electron chi connectivity index (χ1n) is 5.45. The topological polar surface area (TPSA) is 12.0 Å². The molecule has 4 heteroatoms. The molecule has 1 aliphatic heterocycles. The number of hydrogen-bond donors (Lipinski definition) is 1. The first-order valence-corrected chi connectivity index (χ1v) is 5.45. The first-order chi connectivity index (χ1) is 7.57. The Kier molecular flexibility index (Phi) is 3.19. The maximum Gasteiger partial charge on any atom is 0.416 e. The fourth-order valence-corrected chi connectivity index (χ4v) is 2.08. The summed E-state index contributed by atoms with van der Waals surface area (Å²) in [4.78, 5) is 0. The van der Waals surface area contributed by atoms with Crippen LogP contribution in [0.25, 0.3) is 0 Å². The van der Waals surface area contributed by atoms with Crippen molar-refractivity contribution in [1.29, 1.82) is 0 Å². The van der Waals surface area contributed by atoms with Gasteiger partial charge in [0.25, 0.3) is 0 Å². The van der Waals surface area contributed by atoms with Crippen molar-refractivity contribution in [3.63, 3.8) is 0 Å². The highest BCUT2D eigenvalue weighted by Gasteiger charge is 2.30. The molecule has 1 aromatic carbocycles. The summed E-state index contributed by atoms with van der Waals surface area (Å²) < 4.78 is 37.0. The van der Waals surface area contributed by atoms with Gasteiger partial charge in [-0.15, -0.1) is 0 Å². The molecule has 1 atom stereocenters. The normalized spacial score (nSPS) is 22.1. The minimum Gasteiger partial charge on any atom is -0.316 e. The van der Waals surface area contributed by atoms with Crippen molar-refractivity contribution >= 4 is 0 Å². The van der Waals surface area contributed by atoms with Crippen LogP contribution < -0.4 is 5.32 Å². The van der Waals surface area contributed by atoms with E-state index in [-0.39, 0.29) is 0 Å². The van der Waals surface area contributed by atoms with Gasteiger partial charge in [0.05, 0.1) is 5.56 Å². The molecule has 1 unspecified atom stereocenters. The third-order valence-electron chi connectivity index (χ3n) is 3.01. The van der Waals surface area contributed by atoms with Gasteiger partial charge in [0.15, 0.2) is 0 Å². The Balaban J connectivity index is 2.12. The van der Waals surface area contributed by atoms with Crippen LogP contribution in [0.3, 0.4) is 0 Å². The Morgan fingerprint density at radius 2 is 1.81 bits per heavy atom. The summed E-state index contributed by atoms with van der Waals surface area (Å²) in [6.45, 7) is 1.88. The second kappa shape index (κ2) is 4.45. The predicted molar refractivity (Wildman–Crippen MR) is 56.3 cm³/mol. The molecular weight excluding hydrogens is 215 g/mol. The van der Waals surface area contributed by atoms with Gasteiger partial charge >= 0.3 is 6.18 Å². The van der Waals surface area contributed by atoms with Gasteiger partial charge in [-0.25, -0.2) is 0 Å². The zero-order valence-electron chi connectivity index (χ0n) is 8.85. The molecule has 0 aliphatic carbocycles. The van der Waals surface area contributed by atoms with E-state index in [0.717, 1.165) is 31.5 Å². The van der Waals surface area contributed by atoms with Gasteiger partial charge in [-0.1, -0.05) is 12.1 Å². The number of alkyl halides is 3. The highest BCUT2D eigenvalue weighted by Crippen LogP contribution is 2.31. The van der Waals surface area contributed by atoms with Crippen LogP contribution in [0.1, 0.15) is 29.9 Å². The van der Waals surface area contributed by atoms with Gasteiger partial charge < -0.3 is 5.32 Å². The van der Waals surface area contributed by atoms with Crippen molar-refractivity contribution in [1.82, 2.24) is 5.32 Å². The summed E-state index contributed by atoms with van der Waals surface area (Å²) in [6, 6.07) is 5.54. The van der Waals surface area contributed by atoms with E-state index < -0.39 is 11.7 Å². The largest absolute Gasteiger partial charge is 0.416 e. The van der Waals surface area contributed by atoms with Crippen LogP contribution in [0, 0.1) is 0 Å². The van der Waals surface area contributed by atoms with Crippen LogP contribution in [0.15, 0.2) is 24.3 Å². The van der Waals surface area contributed by atoms with Crippen LogP contribution in [0.4, 0.5) is 13.2 Å². The van der Waals surface area contributed by atoms with E-state index in [1.54, 1.807) is 12.1 Å². The van der Waals surface area contributed by atoms with Crippen LogP contribution in [0.5, 0.6) is 0 Å². The van der Waals surface area contributed by atoms with Crippen LogP contribution in [0.2, 0.25) is 0 Å². The van der Waals surface area contributed by atoms with Gasteiger partial charge in [-0.05, 0) is 43.0 Å². The molecule has 0 spiro atoms. The third-order valence-corrected chi connectivity index (χ3v) is 3.01. The van der Waals surface area contributed by atoms with Crippen LogP contribution in [-0.2, 0) is 6.18 Å². The lowest BCUT2D eigenvalue weighted by Crippen LogP contribution is -2.28. The monoisotopic (exact) mass is 229 g/mol. The molecule has 0 saturated carbocycles.